The van der Waals surface area contributed by atoms with Crippen LogP contribution in [0.15, 0.2) is 59.7 Å². The van der Waals surface area contributed by atoms with Crippen molar-refractivity contribution in [3.63, 3.8) is 0 Å². The molecule has 56 heavy (non-hydrogen) atoms. The third-order valence-electron chi connectivity index (χ3n) is 9.94. The van der Waals surface area contributed by atoms with Crippen molar-refractivity contribution in [3.8, 4) is 11.3 Å². The Hall–Kier alpha value is -5.17. The van der Waals surface area contributed by atoms with E-state index >= 15 is 4.39 Å². The molecule has 0 radical (unpaired) electrons. The van der Waals surface area contributed by atoms with Crippen molar-refractivity contribution in [1.29, 1.82) is 0 Å². The second-order valence-corrected chi connectivity index (χ2v) is 13.7. The molecule has 2 aliphatic heterocycles. The minimum absolute atomic E-state index is 0.0607. The van der Waals surface area contributed by atoms with E-state index in [1.54, 1.807) is 0 Å². The van der Waals surface area contributed by atoms with E-state index < -0.39 is 96.2 Å². The van der Waals surface area contributed by atoms with Crippen LogP contribution in [0.5, 0.6) is 0 Å². The number of benzene rings is 2. The van der Waals surface area contributed by atoms with E-state index in [-0.39, 0.29) is 66.1 Å². The number of aromatic nitrogens is 2. The van der Waals surface area contributed by atoms with Crippen molar-refractivity contribution in [2.45, 2.75) is 56.2 Å². The van der Waals surface area contributed by atoms with Crippen LogP contribution in [-0.4, -0.2) is 88.5 Å². The molecular formula is C37H34F9N5O5. The highest BCUT2D eigenvalue weighted by atomic mass is 19.4. The van der Waals surface area contributed by atoms with Gasteiger partial charge >= 0.3 is 18.3 Å². The van der Waals surface area contributed by atoms with Crippen molar-refractivity contribution >= 4 is 28.3 Å². The number of aryl methyl sites for hydroxylation is 1. The number of carboxylic acids is 1. The topological polar surface area (TPSA) is 117 Å². The smallest absolute Gasteiger partial charge is 0.417 e. The summed E-state index contributed by atoms with van der Waals surface area (Å²) in [6.07, 6.45) is -9.24. The third kappa shape index (κ3) is 8.47. The summed E-state index contributed by atoms with van der Waals surface area (Å²) in [5.74, 6) is -7.13. The Bertz CT molecular complexity index is 2200. The first-order valence-electron chi connectivity index (χ1n) is 17.3. The van der Waals surface area contributed by atoms with Gasteiger partial charge in [0, 0.05) is 76.0 Å². The molecule has 4 aromatic rings. The number of nitrogens with one attached hydrogen (secondary N) is 1. The molecule has 0 bridgehead atoms. The second-order valence-electron chi connectivity index (χ2n) is 13.7. The molecule has 2 saturated heterocycles. The predicted molar refractivity (Wildman–Crippen MR) is 184 cm³/mol. The maximum absolute atomic E-state index is 16.1. The number of halogens is 9. The molecule has 2 atom stereocenters. The standard InChI is InChI=1S/C37H34F9N5O5/c1-49-10-6-25(36(41,42)43)30(33(49)53)31-24-4-2-3-20(23(24)5-9-47-31)16-27(34(54)55)48-32(52)29-21(18-50-11-7-35(39,40)8-12-50)15-22(17-26(29)38)51-13-14-56-19-28(51)37(44,45)46/h2-6,9-10,15,17,27-28H,7-8,11-14,16,18-19H2,1H3,(H,48,52)(H,54,55)/t27-,28+/m0/s1. The van der Waals surface area contributed by atoms with Crippen LogP contribution in [0.2, 0.25) is 0 Å². The second kappa shape index (κ2) is 15.4. The van der Waals surface area contributed by atoms with Gasteiger partial charge in [-0.15, -0.1) is 0 Å². The fraction of sp³-hybridized carbons (Fsp3) is 0.405. The summed E-state index contributed by atoms with van der Waals surface area (Å²) in [6, 6.07) is 4.24. The number of amides is 1. The maximum atomic E-state index is 16.1. The van der Waals surface area contributed by atoms with Gasteiger partial charge in [0.25, 0.3) is 17.4 Å². The summed E-state index contributed by atoms with van der Waals surface area (Å²) in [5, 5.41) is 12.7. The van der Waals surface area contributed by atoms with Crippen molar-refractivity contribution in [3.05, 3.63) is 93.3 Å². The highest BCUT2D eigenvalue weighted by Gasteiger charge is 2.46. The maximum Gasteiger partial charge on any atom is 0.417 e. The molecule has 2 aromatic carbocycles. The largest absolute Gasteiger partial charge is 0.480 e. The van der Waals surface area contributed by atoms with Crippen LogP contribution >= 0.6 is 0 Å². The van der Waals surface area contributed by atoms with Gasteiger partial charge < -0.3 is 24.6 Å². The number of pyridine rings is 2. The van der Waals surface area contributed by atoms with E-state index in [2.05, 4.69) is 10.3 Å². The quantitative estimate of drug-likeness (QED) is 0.193. The van der Waals surface area contributed by atoms with Crippen LogP contribution < -0.4 is 15.8 Å². The first-order chi connectivity index (χ1) is 26.2. The van der Waals surface area contributed by atoms with E-state index in [1.807, 2.05) is 0 Å². The summed E-state index contributed by atoms with van der Waals surface area (Å²) in [6.45, 7) is -1.85. The average molecular weight is 800 g/mol. The molecule has 19 heteroatoms. The van der Waals surface area contributed by atoms with Gasteiger partial charge in [0.05, 0.1) is 35.6 Å². The number of fused-ring (bicyclic) bond motifs is 1. The molecule has 0 unspecified atom stereocenters. The lowest BCUT2D eigenvalue weighted by atomic mass is 9.95. The number of alkyl halides is 8. The molecule has 2 fully saturated rings. The molecule has 10 nitrogen and oxygen atoms in total. The zero-order valence-electron chi connectivity index (χ0n) is 29.5. The molecule has 300 valence electrons. The lowest BCUT2D eigenvalue weighted by molar-refractivity contribution is -0.167. The van der Waals surface area contributed by atoms with Crippen LogP contribution in [0.4, 0.5) is 45.2 Å². The number of carbonyl (C=O) groups excluding carboxylic acids is 1. The van der Waals surface area contributed by atoms with Crippen molar-refractivity contribution in [1.82, 2.24) is 19.8 Å². The number of nitrogens with zero attached hydrogens (tertiary/aromatic N) is 4. The van der Waals surface area contributed by atoms with Gasteiger partial charge in [-0.3, -0.25) is 19.5 Å². The van der Waals surface area contributed by atoms with E-state index in [1.165, 1.54) is 36.2 Å². The van der Waals surface area contributed by atoms with Gasteiger partial charge in [-0.05, 0) is 40.8 Å². The van der Waals surface area contributed by atoms with Gasteiger partial charge in [0.1, 0.15) is 17.9 Å². The molecule has 2 N–H and O–H groups in total. The van der Waals surface area contributed by atoms with E-state index in [0.29, 0.717) is 6.07 Å². The van der Waals surface area contributed by atoms with E-state index in [9.17, 15) is 54.6 Å². The zero-order chi connectivity index (χ0) is 40.7. The monoisotopic (exact) mass is 799 g/mol. The van der Waals surface area contributed by atoms with Crippen LogP contribution in [0.1, 0.15) is 39.9 Å². The van der Waals surface area contributed by atoms with Crippen LogP contribution in [0.25, 0.3) is 22.0 Å². The molecule has 1 amide bonds. The molecule has 0 saturated carbocycles. The van der Waals surface area contributed by atoms with Gasteiger partial charge in [0.2, 0.25) is 0 Å². The average Bonchev–Trinajstić information content (AvgIpc) is 3.12. The van der Waals surface area contributed by atoms with Crippen molar-refractivity contribution < 1.29 is 58.9 Å². The minimum atomic E-state index is -4.93. The summed E-state index contributed by atoms with van der Waals surface area (Å²) < 4.78 is 134. The highest BCUT2D eigenvalue weighted by molar-refractivity contribution is 6.00. The highest BCUT2D eigenvalue weighted by Crippen LogP contribution is 2.38. The Balaban J connectivity index is 1.36. The van der Waals surface area contributed by atoms with Crippen LogP contribution in [0, 0.1) is 5.82 Å². The number of piperidine rings is 1. The summed E-state index contributed by atoms with van der Waals surface area (Å²) in [5.41, 5.74) is -4.25. The predicted octanol–water partition coefficient (Wildman–Crippen LogP) is 6.18. The van der Waals surface area contributed by atoms with Crippen LogP contribution in [-0.2, 0) is 35.7 Å². The summed E-state index contributed by atoms with van der Waals surface area (Å²) in [4.78, 5) is 45.9. The Kier molecular flexibility index (Phi) is 11.1. The number of carboxylic acid groups (broad SMARTS) is 1. The van der Waals surface area contributed by atoms with Gasteiger partial charge in [-0.1, -0.05) is 18.2 Å². The Morgan fingerprint density at radius 3 is 2.39 bits per heavy atom. The van der Waals surface area contributed by atoms with Gasteiger partial charge in [0.15, 0.2) is 0 Å². The zero-order valence-corrected chi connectivity index (χ0v) is 29.5. The number of hydrogen-bond acceptors (Lipinski definition) is 7. The summed E-state index contributed by atoms with van der Waals surface area (Å²) >= 11 is 0. The molecule has 2 aliphatic rings. The third-order valence-corrected chi connectivity index (χ3v) is 9.94. The van der Waals surface area contributed by atoms with Gasteiger partial charge in [-0.25, -0.2) is 18.0 Å². The molecule has 4 heterocycles. The number of anilines is 1. The Labute approximate surface area is 312 Å². The lowest BCUT2D eigenvalue weighted by Crippen LogP contribution is -2.53. The molecule has 0 spiro atoms. The Morgan fingerprint density at radius 1 is 1.02 bits per heavy atom. The fourth-order valence-electron chi connectivity index (χ4n) is 7.05. The van der Waals surface area contributed by atoms with E-state index in [0.717, 1.165) is 34.0 Å². The van der Waals surface area contributed by atoms with Gasteiger partial charge in [-0.2, -0.15) is 26.3 Å². The summed E-state index contributed by atoms with van der Waals surface area (Å²) in [7, 11) is 1.26. The SMILES string of the molecule is Cn1ccc(C(F)(F)F)c(-c2nccc3c(C[C@H](NC(=O)c4c(F)cc(N5CCOC[C@@H]5C(F)(F)F)cc4CN4CCC(F)(F)CC4)C(=O)O)cccc23)c1=O. The first-order valence-corrected chi connectivity index (χ1v) is 17.3. The molecule has 6 rings (SSSR count). The number of ether oxygens (including phenoxy) is 1. The number of rotatable bonds is 9. The molecule has 2 aromatic heterocycles. The van der Waals surface area contributed by atoms with Crippen molar-refractivity contribution in [2.24, 2.45) is 7.05 Å². The van der Waals surface area contributed by atoms with Crippen molar-refractivity contribution in [2.75, 3.05) is 37.7 Å². The molecular weight excluding hydrogens is 765 g/mol. The first kappa shape index (κ1) is 40.5. The minimum Gasteiger partial charge on any atom is -0.480 e. The Morgan fingerprint density at radius 2 is 1.73 bits per heavy atom. The lowest BCUT2D eigenvalue weighted by Gasteiger charge is -2.38. The number of aliphatic carboxylic acids is 1. The number of likely N-dealkylation sites (tertiary alicyclic amines) is 1. The number of morpholine rings is 1. The van der Waals surface area contributed by atoms with Crippen LogP contribution in [0.3, 0.4) is 0 Å². The number of hydrogen-bond donors (Lipinski definition) is 2. The molecule has 0 aliphatic carbocycles. The van der Waals surface area contributed by atoms with E-state index in [4.69, 9.17) is 4.74 Å². The normalized spacial score (nSPS) is 18.5. The number of carbonyl (C=O) groups is 2. The fourth-order valence-corrected chi connectivity index (χ4v) is 7.05.